The van der Waals surface area contributed by atoms with E-state index < -0.39 is 0 Å². The molecule has 1 nitrogen and oxygen atoms in total. The normalized spacial score (nSPS) is 13.7. The standard InChI is InChI=1S/C17H14BrN/c18-17-10-13-2-1-12-3-5-14(16(9-12)11-19)7-8-15(17)6-4-13/h3-6,9-10H,1-2,7-8H2. The van der Waals surface area contributed by atoms with E-state index in [1.807, 2.05) is 0 Å². The molecule has 4 bridgehead atoms. The summed E-state index contributed by atoms with van der Waals surface area (Å²) in [6.45, 7) is 0. The molecule has 6 rings (SSSR count). The van der Waals surface area contributed by atoms with Gasteiger partial charge >= 0.3 is 0 Å². The van der Waals surface area contributed by atoms with Crippen molar-refractivity contribution in [1.82, 2.24) is 0 Å². The third-order valence-corrected chi connectivity index (χ3v) is 4.52. The van der Waals surface area contributed by atoms with Gasteiger partial charge in [0.1, 0.15) is 0 Å². The second-order valence-electron chi connectivity index (χ2n) is 5.03. The lowest BCUT2D eigenvalue weighted by Crippen LogP contribution is -2.01. The highest BCUT2D eigenvalue weighted by molar-refractivity contribution is 9.10. The Kier molecular flexibility index (Phi) is 3.40. The van der Waals surface area contributed by atoms with Crippen LogP contribution in [0.5, 0.6) is 0 Å². The Bertz CT molecular complexity index is 667. The van der Waals surface area contributed by atoms with E-state index in [1.165, 1.54) is 21.2 Å². The van der Waals surface area contributed by atoms with E-state index in [2.05, 4.69) is 58.4 Å². The largest absolute Gasteiger partial charge is 0.192 e. The SMILES string of the molecule is N#Cc1cc2ccc1CCc1ccc(cc1Br)CC2. The molecule has 2 heteroatoms. The smallest absolute Gasteiger partial charge is 0.0994 e. The van der Waals surface area contributed by atoms with Crippen molar-refractivity contribution in [2.45, 2.75) is 25.7 Å². The number of hydrogen-bond donors (Lipinski definition) is 0. The molecule has 0 saturated heterocycles. The Labute approximate surface area is 122 Å². The zero-order chi connectivity index (χ0) is 13.2. The van der Waals surface area contributed by atoms with Crippen molar-refractivity contribution in [3.05, 3.63) is 68.7 Å². The van der Waals surface area contributed by atoms with Crippen LogP contribution in [0.25, 0.3) is 0 Å². The van der Waals surface area contributed by atoms with Gasteiger partial charge in [-0.25, -0.2) is 0 Å². The minimum absolute atomic E-state index is 0.837. The van der Waals surface area contributed by atoms with Crippen LogP contribution in [0.1, 0.15) is 27.8 Å². The number of rotatable bonds is 0. The predicted molar refractivity (Wildman–Crippen MR) is 80.1 cm³/mol. The molecule has 0 saturated carbocycles. The van der Waals surface area contributed by atoms with Gasteiger partial charge in [-0.15, -0.1) is 0 Å². The fraction of sp³-hybridized carbons (Fsp3) is 0.235. The van der Waals surface area contributed by atoms with Gasteiger partial charge in [0.15, 0.2) is 0 Å². The highest BCUT2D eigenvalue weighted by atomic mass is 79.9. The highest BCUT2D eigenvalue weighted by Gasteiger charge is 2.09. The van der Waals surface area contributed by atoms with Crippen molar-refractivity contribution in [2.24, 2.45) is 0 Å². The highest BCUT2D eigenvalue weighted by Crippen LogP contribution is 2.24. The number of aryl methyl sites for hydroxylation is 4. The Morgan fingerprint density at radius 2 is 1.47 bits per heavy atom. The van der Waals surface area contributed by atoms with E-state index in [4.69, 9.17) is 0 Å². The lowest BCUT2D eigenvalue weighted by Gasteiger charge is -2.12. The molecule has 4 aliphatic carbocycles. The quantitative estimate of drug-likeness (QED) is 0.715. The maximum Gasteiger partial charge on any atom is 0.0994 e. The molecule has 0 heterocycles. The molecule has 0 aliphatic heterocycles. The van der Waals surface area contributed by atoms with Gasteiger partial charge in [0.05, 0.1) is 11.6 Å². The molecule has 94 valence electrons. The Balaban J connectivity index is 2.06. The minimum Gasteiger partial charge on any atom is -0.192 e. The van der Waals surface area contributed by atoms with Gasteiger partial charge in [-0.3, -0.25) is 0 Å². The van der Waals surface area contributed by atoms with Crippen LogP contribution in [0.4, 0.5) is 0 Å². The minimum atomic E-state index is 0.837. The maximum atomic E-state index is 9.27. The first kappa shape index (κ1) is 12.4. The average Bonchev–Trinajstić information content (AvgIpc) is 2.42. The number of benzene rings is 2. The summed E-state index contributed by atoms with van der Waals surface area (Å²) in [5.41, 5.74) is 5.91. The number of nitriles is 1. The van der Waals surface area contributed by atoms with E-state index in [-0.39, 0.29) is 0 Å². The van der Waals surface area contributed by atoms with Crippen molar-refractivity contribution in [3.63, 3.8) is 0 Å². The summed E-state index contributed by atoms with van der Waals surface area (Å²) in [7, 11) is 0. The van der Waals surface area contributed by atoms with Crippen LogP contribution < -0.4 is 0 Å². The molecule has 2 aromatic rings. The number of nitrogens with zero attached hydrogens (tertiary/aromatic N) is 1. The molecule has 0 N–H and O–H groups in total. The molecule has 4 aliphatic rings. The first-order valence-electron chi connectivity index (χ1n) is 6.55. The second kappa shape index (κ2) is 5.19. The van der Waals surface area contributed by atoms with Gasteiger partial charge in [0, 0.05) is 4.47 Å². The summed E-state index contributed by atoms with van der Waals surface area (Å²) in [6.07, 6.45) is 3.89. The molecule has 0 radical (unpaired) electrons. The fourth-order valence-electron chi connectivity index (χ4n) is 2.61. The monoisotopic (exact) mass is 311 g/mol. The number of halogens is 1. The average molecular weight is 312 g/mol. The van der Waals surface area contributed by atoms with E-state index in [0.29, 0.717) is 0 Å². The van der Waals surface area contributed by atoms with Crippen molar-refractivity contribution in [2.75, 3.05) is 0 Å². The van der Waals surface area contributed by atoms with Gasteiger partial charge in [-0.1, -0.05) is 40.2 Å². The summed E-state index contributed by atoms with van der Waals surface area (Å²) in [4.78, 5) is 0. The molecular weight excluding hydrogens is 298 g/mol. The molecule has 0 fully saturated rings. The van der Waals surface area contributed by atoms with Gasteiger partial charge in [-0.05, 0) is 60.1 Å². The summed E-state index contributed by atoms with van der Waals surface area (Å²) < 4.78 is 1.19. The molecule has 0 unspecified atom stereocenters. The van der Waals surface area contributed by atoms with E-state index in [1.54, 1.807) is 0 Å². The van der Waals surface area contributed by atoms with Crippen LogP contribution in [-0.4, -0.2) is 0 Å². The predicted octanol–water partition coefficient (Wildman–Crippen LogP) is 4.20. The van der Waals surface area contributed by atoms with Crippen LogP contribution in [0.15, 0.2) is 40.9 Å². The van der Waals surface area contributed by atoms with Crippen LogP contribution in [-0.2, 0) is 25.7 Å². The Hall–Kier alpha value is -1.59. The van der Waals surface area contributed by atoms with Gasteiger partial charge in [0.2, 0.25) is 0 Å². The van der Waals surface area contributed by atoms with Crippen molar-refractivity contribution in [3.8, 4) is 6.07 Å². The molecule has 0 amide bonds. The molecule has 0 aromatic heterocycles. The molecule has 19 heavy (non-hydrogen) atoms. The van der Waals surface area contributed by atoms with E-state index in [0.717, 1.165) is 36.8 Å². The molecule has 2 aromatic carbocycles. The first-order chi connectivity index (χ1) is 9.26. The van der Waals surface area contributed by atoms with Crippen LogP contribution in [0.3, 0.4) is 0 Å². The molecule has 0 spiro atoms. The summed E-state index contributed by atoms with van der Waals surface area (Å²) in [6, 6.07) is 15.3. The third-order valence-electron chi connectivity index (χ3n) is 3.78. The summed E-state index contributed by atoms with van der Waals surface area (Å²) in [5.74, 6) is 0. The zero-order valence-electron chi connectivity index (χ0n) is 10.6. The first-order valence-corrected chi connectivity index (χ1v) is 7.35. The summed E-state index contributed by atoms with van der Waals surface area (Å²) >= 11 is 3.66. The Morgan fingerprint density at radius 1 is 0.842 bits per heavy atom. The van der Waals surface area contributed by atoms with Crippen LogP contribution in [0.2, 0.25) is 0 Å². The fourth-order valence-corrected chi connectivity index (χ4v) is 3.23. The van der Waals surface area contributed by atoms with Gasteiger partial charge < -0.3 is 0 Å². The van der Waals surface area contributed by atoms with Gasteiger partial charge in [-0.2, -0.15) is 5.26 Å². The zero-order valence-corrected chi connectivity index (χ0v) is 12.2. The van der Waals surface area contributed by atoms with Crippen LogP contribution >= 0.6 is 15.9 Å². The van der Waals surface area contributed by atoms with Gasteiger partial charge in [0.25, 0.3) is 0 Å². The lowest BCUT2D eigenvalue weighted by atomic mass is 9.94. The van der Waals surface area contributed by atoms with E-state index >= 15 is 0 Å². The summed E-state index contributed by atoms with van der Waals surface area (Å²) in [5, 5.41) is 9.27. The maximum absolute atomic E-state index is 9.27. The van der Waals surface area contributed by atoms with Crippen LogP contribution in [0, 0.1) is 11.3 Å². The second-order valence-corrected chi connectivity index (χ2v) is 5.88. The topological polar surface area (TPSA) is 23.8 Å². The van der Waals surface area contributed by atoms with Crippen molar-refractivity contribution >= 4 is 15.9 Å². The third kappa shape index (κ3) is 2.57. The van der Waals surface area contributed by atoms with Crippen molar-refractivity contribution in [1.29, 1.82) is 5.26 Å². The Morgan fingerprint density at radius 3 is 2.16 bits per heavy atom. The van der Waals surface area contributed by atoms with E-state index in [9.17, 15) is 5.26 Å². The lowest BCUT2D eigenvalue weighted by molar-refractivity contribution is 0.913. The number of hydrogen-bond acceptors (Lipinski definition) is 1. The van der Waals surface area contributed by atoms with Crippen molar-refractivity contribution < 1.29 is 0 Å². The molecule has 0 atom stereocenters. The molecular formula is C17H14BrN.